The van der Waals surface area contributed by atoms with Crippen LogP contribution >= 0.6 is 0 Å². The summed E-state index contributed by atoms with van der Waals surface area (Å²) in [6.07, 6.45) is 2.72. The molecule has 24 heavy (non-hydrogen) atoms. The summed E-state index contributed by atoms with van der Waals surface area (Å²) >= 11 is 0. The molecule has 1 heterocycles. The highest BCUT2D eigenvalue weighted by Gasteiger charge is 2.20. The van der Waals surface area contributed by atoms with E-state index in [1.54, 1.807) is 32.0 Å². The predicted molar refractivity (Wildman–Crippen MR) is 88.5 cm³/mol. The number of benzene rings is 1. The molecule has 2 rings (SSSR count). The fourth-order valence-corrected chi connectivity index (χ4v) is 2.44. The Morgan fingerprint density at radius 1 is 1.38 bits per heavy atom. The van der Waals surface area contributed by atoms with Gasteiger partial charge >= 0.3 is 0 Å². The minimum Gasteiger partial charge on any atom is -0.488 e. The quantitative estimate of drug-likeness (QED) is 0.791. The van der Waals surface area contributed by atoms with Crippen LogP contribution in [0.5, 0.6) is 5.75 Å². The zero-order chi connectivity index (χ0) is 17.4. The van der Waals surface area contributed by atoms with Crippen LogP contribution in [0.2, 0.25) is 0 Å². The van der Waals surface area contributed by atoms with Crippen molar-refractivity contribution in [3.05, 3.63) is 30.1 Å². The number of nitrogens with one attached hydrogen (secondary N) is 1. The number of carbonyl (C=O) groups excluding carboxylic acids is 1. The van der Waals surface area contributed by atoms with Gasteiger partial charge in [-0.1, -0.05) is 12.1 Å². The van der Waals surface area contributed by atoms with Gasteiger partial charge in [0.2, 0.25) is 5.91 Å². The number of carbonyl (C=O) groups is 1. The molecule has 0 unspecified atom stereocenters. The third-order valence-corrected chi connectivity index (χ3v) is 3.89. The Hall–Kier alpha value is -1.66. The van der Waals surface area contributed by atoms with E-state index in [1.165, 1.54) is 6.07 Å². The van der Waals surface area contributed by atoms with E-state index in [0.717, 1.165) is 25.9 Å². The summed E-state index contributed by atoms with van der Waals surface area (Å²) in [5, 5.41) is 2.80. The molecule has 1 saturated heterocycles. The van der Waals surface area contributed by atoms with E-state index in [1.807, 2.05) is 0 Å². The van der Waals surface area contributed by atoms with Crippen LogP contribution in [0.1, 0.15) is 33.1 Å². The minimum absolute atomic E-state index is 0.0795. The SMILES string of the molecule is C[C@H](COc1ccccc1F)NC(=O)[C@H](C)OC[C@H]1CCCCO1. The molecular formula is C18H26FNO4. The van der Waals surface area contributed by atoms with Crippen LogP contribution in [-0.4, -0.2) is 44.0 Å². The number of rotatable bonds is 8. The van der Waals surface area contributed by atoms with E-state index < -0.39 is 11.9 Å². The smallest absolute Gasteiger partial charge is 0.249 e. The van der Waals surface area contributed by atoms with Crippen molar-refractivity contribution >= 4 is 5.91 Å². The normalized spacial score (nSPS) is 20.2. The Bertz CT molecular complexity index is 519. The Labute approximate surface area is 142 Å². The molecule has 0 spiro atoms. The van der Waals surface area contributed by atoms with Crippen LogP contribution in [-0.2, 0) is 14.3 Å². The average molecular weight is 339 g/mol. The number of hydrogen-bond donors (Lipinski definition) is 1. The first-order chi connectivity index (χ1) is 11.6. The van der Waals surface area contributed by atoms with Gasteiger partial charge in [-0.05, 0) is 45.2 Å². The lowest BCUT2D eigenvalue weighted by atomic mass is 10.1. The highest BCUT2D eigenvalue weighted by molar-refractivity contribution is 5.80. The van der Waals surface area contributed by atoms with Gasteiger partial charge < -0.3 is 19.5 Å². The summed E-state index contributed by atoms with van der Waals surface area (Å²) in [4.78, 5) is 12.1. The van der Waals surface area contributed by atoms with Crippen molar-refractivity contribution in [1.82, 2.24) is 5.32 Å². The van der Waals surface area contributed by atoms with Crippen molar-refractivity contribution in [2.45, 2.75) is 51.4 Å². The predicted octanol–water partition coefficient (Wildman–Crippen LogP) is 2.68. The van der Waals surface area contributed by atoms with E-state index in [0.29, 0.717) is 6.61 Å². The minimum atomic E-state index is -0.563. The molecule has 0 aliphatic carbocycles. The van der Waals surface area contributed by atoms with Gasteiger partial charge in [0.05, 0.1) is 18.8 Å². The molecule has 0 aromatic heterocycles. The van der Waals surface area contributed by atoms with E-state index in [4.69, 9.17) is 14.2 Å². The monoisotopic (exact) mass is 339 g/mol. The maximum absolute atomic E-state index is 13.5. The highest BCUT2D eigenvalue weighted by atomic mass is 19.1. The highest BCUT2D eigenvalue weighted by Crippen LogP contribution is 2.15. The Morgan fingerprint density at radius 2 is 2.17 bits per heavy atom. The second-order valence-electron chi connectivity index (χ2n) is 6.12. The first kappa shape index (κ1) is 18.7. The molecule has 1 N–H and O–H groups in total. The molecule has 1 aromatic rings. The molecule has 3 atom stereocenters. The van der Waals surface area contributed by atoms with E-state index in [9.17, 15) is 9.18 Å². The van der Waals surface area contributed by atoms with Gasteiger partial charge in [0, 0.05) is 6.61 Å². The standard InChI is InChI=1S/C18H26FNO4/c1-13(11-24-17-9-4-3-8-16(17)19)20-18(21)14(2)23-12-15-7-5-6-10-22-15/h3-4,8-9,13-15H,5-7,10-12H2,1-2H3,(H,20,21)/t13-,14+,15-/m1/s1. The van der Waals surface area contributed by atoms with Gasteiger partial charge in [0.15, 0.2) is 11.6 Å². The molecule has 0 saturated carbocycles. The summed E-state index contributed by atoms with van der Waals surface area (Å²) in [6, 6.07) is 5.93. The first-order valence-electron chi connectivity index (χ1n) is 8.47. The molecule has 0 radical (unpaired) electrons. The number of ether oxygens (including phenoxy) is 3. The van der Waals surface area contributed by atoms with Crippen LogP contribution in [0.3, 0.4) is 0 Å². The number of halogens is 1. The lowest BCUT2D eigenvalue weighted by Crippen LogP contribution is -2.43. The van der Waals surface area contributed by atoms with Crippen molar-refractivity contribution in [3.8, 4) is 5.75 Å². The summed E-state index contributed by atoms with van der Waals surface area (Å²) in [5.41, 5.74) is 0. The second kappa shape index (κ2) is 9.59. The van der Waals surface area contributed by atoms with E-state index >= 15 is 0 Å². The van der Waals surface area contributed by atoms with Crippen molar-refractivity contribution < 1.29 is 23.4 Å². The Morgan fingerprint density at radius 3 is 2.88 bits per heavy atom. The van der Waals surface area contributed by atoms with Gasteiger partial charge in [-0.2, -0.15) is 0 Å². The van der Waals surface area contributed by atoms with Crippen LogP contribution < -0.4 is 10.1 Å². The van der Waals surface area contributed by atoms with Gasteiger partial charge in [0.1, 0.15) is 12.7 Å². The molecule has 134 valence electrons. The summed E-state index contributed by atoms with van der Waals surface area (Å²) in [7, 11) is 0. The second-order valence-corrected chi connectivity index (χ2v) is 6.12. The maximum atomic E-state index is 13.5. The zero-order valence-electron chi connectivity index (χ0n) is 14.3. The van der Waals surface area contributed by atoms with Gasteiger partial charge in [-0.15, -0.1) is 0 Å². The molecule has 1 aliphatic heterocycles. The third-order valence-electron chi connectivity index (χ3n) is 3.89. The fraction of sp³-hybridized carbons (Fsp3) is 0.611. The molecule has 0 bridgehead atoms. The molecule has 1 fully saturated rings. The third kappa shape index (κ3) is 6.09. The van der Waals surface area contributed by atoms with Gasteiger partial charge in [0.25, 0.3) is 0 Å². The molecule has 6 heteroatoms. The lowest BCUT2D eigenvalue weighted by molar-refractivity contribution is -0.136. The first-order valence-corrected chi connectivity index (χ1v) is 8.47. The van der Waals surface area contributed by atoms with E-state index in [-0.39, 0.29) is 30.4 Å². The molecular weight excluding hydrogens is 313 g/mol. The molecule has 1 amide bonds. The zero-order valence-corrected chi connectivity index (χ0v) is 14.3. The summed E-state index contributed by atoms with van der Waals surface area (Å²) in [6.45, 7) is 4.89. The average Bonchev–Trinajstić information content (AvgIpc) is 2.59. The van der Waals surface area contributed by atoms with Crippen molar-refractivity contribution in [2.75, 3.05) is 19.8 Å². The molecule has 5 nitrogen and oxygen atoms in total. The molecule has 1 aromatic carbocycles. The maximum Gasteiger partial charge on any atom is 0.249 e. The van der Waals surface area contributed by atoms with Crippen molar-refractivity contribution in [2.24, 2.45) is 0 Å². The van der Waals surface area contributed by atoms with Crippen molar-refractivity contribution in [1.29, 1.82) is 0 Å². The number of hydrogen-bond acceptors (Lipinski definition) is 4. The largest absolute Gasteiger partial charge is 0.488 e. The Balaban J connectivity index is 1.67. The molecule has 1 aliphatic rings. The summed E-state index contributed by atoms with van der Waals surface area (Å²) in [5.74, 6) is -0.451. The van der Waals surface area contributed by atoms with Crippen molar-refractivity contribution in [3.63, 3.8) is 0 Å². The van der Waals surface area contributed by atoms with E-state index in [2.05, 4.69) is 5.32 Å². The van der Waals surface area contributed by atoms with Crippen LogP contribution in [0.4, 0.5) is 4.39 Å². The topological polar surface area (TPSA) is 56.8 Å². The van der Waals surface area contributed by atoms with Gasteiger partial charge in [-0.25, -0.2) is 4.39 Å². The van der Waals surface area contributed by atoms with Crippen LogP contribution in [0, 0.1) is 5.82 Å². The summed E-state index contributed by atoms with van der Waals surface area (Å²) < 4.78 is 30.0. The van der Waals surface area contributed by atoms with Crippen LogP contribution in [0.25, 0.3) is 0 Å². The van der Waals surface area contributed by atoms with Crippen LogP contribution in [0.15, 0.2) is 24.3 Å². The fourth-order valence-electron chi connectivity index (χ4n) is 2.44. The van der Waals surface area contributed by atoms with Gasteiger partial charge in [-0.3, -0.25) is 4.79 Å². The lowest BCUT2D eigenvalue weighted by Gasteiger charge is -2.24. The number of para-hydroxylation sites is 1. The number of amides is 1. The Kier molecular flexibility index (Phi) is 7.46.